The Morgan fingerprint density at radius 3 is 2.68 bits per heavy atom. The molecule has 0 aliphatic carbocycles. The van der Waals surface area contributed by atoms with Gasteiger partial charge in [0.1, 0.15) is 0 Å². The predicted molar refractivity (Wildman–Crippen MR) is 113 cm³/mol. The van der Waals surface area contributed by atoms with Crippen LogP contribution >= 0.6 is 46.9 Å². The quantitative estimate of drug-likeness (QED) is 0.607. The molecule has 0 bridgehead atoms. The average molecular weight is 464 g/mol. The van der Waals surface area contributed by atoms with Crippen molar-refractivity contribution in [1.82, 2.24) is 19.6 Å². The van der Waals surface area contributed by atoms with Crippen LogP contribution in [-0.2, 0) is 13.1 Å². The Morgan fingerprint density at radius 1 is 1.32 bits per heavy atom. The van der Waals surface area contributed by atoms with Crippen LogP contribution < -0.4 is 10.9 Å². The van der Waals surface area contributed by atoms with Crippen molar-refractivity contribution >= 4 is 57.8 Å². The number of carbonyl (C=O) groups excluding carboxylic acids is 1. The summed E-state index contributed by atoms with van der Waals surface area (Å²) >= 11 is 13.1. The lowest BCUT2D eigenvalue weighted by Crippen LogP contribution is -2.27. The van der Waals surface area contributed by atoms with E-state index in [1.54, 1.807) is 24.4 Å². The lowest BCUT2D eigenvalue weighted by Gasteiger charge is -2.07. The predicted octanol–water partition coefficient (Wildman–Crippen LogP) is 3.18. The van der Waals surface area contributed by atoms with E-state index in [0.717, 1.165) is 10.4 Å². The Labute approximate surface area is 180 Å². The van der Waals surface area contributed by atoms with Crippen molar-refractivity contribution in [2.75, 3.05) is 14.1 Å². The van der Waals surface area contributed by atoms with Crippen molar-refractivity contribution in [3.05, 3.63) is 60.9 Å². The lowest BCUT2D eigenvalue weighted by molar-refractivity contribution is 0.0943. The third kappa shape index (κ3) is 4.76. The third-order valence-electron chi connectivity index (χ3n) is 3.68. The minimum Gasteiger partial charge on any atom is -0.501 e. The van der Waals surface area contributed by atoms with Crippen molar-refractivity contribution in [3.8, 4) is 5.75 Å². The van der Waals surface area contributed by atoms with Crippen LogP contribution in [0.4, 0.5) is 0 Å². The van der Waals surface area contributed by atoms with E-state index in [2.05, 4.69) is 10.3 Å². The number of benzene rings is 1. The molecule has 0 aliphatic heterocycles. The number of halogens is 3. The Hall–Kier alpha value is -1.84. The molecule has 0 unspecified atom stereocenters. The molecule has 7 nitrogen and oxygen atoms in total. The summed E-state index contributed by atoms with van der Waals surface area (Å²) in [6.07, 6.45) is 1.62. The summed E-state index contributed by atoms with van der Waals surface area (Å²) in [7, 11) is 3.81. The van der Waals surface area contributed by atoms with Gasteiger partial charge in [-0.3, -0.25) is 14.0 Å². The van der Waals surface area contributed by atoms with E-state index in [1.807, 2.05) is 19.0 Å². The van der Waals surface area contributed by atoms with Gasteiger partial charge < -0.3 is 15.3 Å². The number of fused-ring (bicyclic) bond motifs is 1. The standard InChI is InChI=1S/C17H16Cl2N4O3S.ClH/c1-22(2)7-10-8-23-16(26)14(24)13(21-17(23)27-10)15(25)20-6-9-3-4-11(18)12(19)5-9;/h3-5,8,24H,6-7H2,1-2H3,(H,20,25);1H. The maximum absolute atomic E-state index is 12.4. The molecule has 0 atom stereocenters. The monoisotopic (exact) mass is 462 g/mol. The Balaban J connectivity index is 0.00000280. The van der Waals surface area contributed by atoms with Gasteiger partial charge in [-0.1, -0.05) is 40.6 Å². The molecule has 0 saturated carbocycles. The normalized spacial score (nSPS) is 10.9. The second-order valence-electron chi connectivity index (χ2n) is 6.13. The smallest absolute Gasteiger partial charge is 0.301 e. The van der Waals surface area contributed by atoms with E-state index >= 15 is 0 Å². The van der Waals surface area contributed by atoms with Gasteiger partial charge in [0.05, 0.1) is 10.0 Å². The first-order valence-corrected chi connectivity index (χ1v) is 9.44. The van der Waals surface area contributed by atoms with E-state index in [9.17, 15) is 14.7 Å². The molecule has 3 rings (SSSR count). The van der Waals surface area contributed by atoms with E-state index in [4.69, 9.17) is 23.2 Å². The molecule has 0 fully saturated rings. The van der Waals surface area contributed by atoms with Crippen LogP contribution in [0.5, 0.6) is 5.75 Å². The van der Waals surface area contributed by atoms with Crippen molar-refractivity contribution in [1.29, 1.82) is 0 Å². The van der Waals surface area contributed by atoms with Gasteiger partial charge in [-0.15, -0.1) is 12.4 Å². The topological polar surface area (TPSA) is 86.9 Å². The first kappa shape index (κ1) is 22.4. The highest BCUT2D eigenvalue weighted by molar-refractivity contribution is 7.17. The minimum absolute atomic E-state index is 0. The molecule has 2 aromatic heterocycles. The van der Waals surface area contributed by atoms with Crippen LogP contribution in [-0.4, -0.2) is 39.4 Å². The van der Waals surface area contributed by atoms with Crippen molar-refractivity contribution in [2.45, 2.75) is 13.1 Å². The number of hydrogen-bond donors (Lipinski definition) is 2. The molecule has 150 valence electrons. The van der Waals surface area contributed by atoms with Crippen LogP contribution in [0.15, 0.2) is 29.2 Å². The van der Waals surface area contributed by atoms with Crippen molar-refractivity contribution < 1.29 is 9.90 Å². The number of carbonyl (C=O) groups is 1. The van der Waals surface area contributed by atoms with Crippen LogP contribution in [0.3, 0.4) is 0 Å². The molecule has 0 aliphatic rings. The van der Waals surface area contributed by atoms with E-state index in [1.165, 1.54) is 15.7 Å². The summed E-state index contributed by atoms with van der Waals surface area (Å²) in [6, 6.07) is 4.96. The van der Waals surface area contributed by atoms with Gasteiger partial charge in [0.2, 0.25) is 5.75 Å². The van der Waals surface area contributed by atoms with Gasteiger partial charge >= 0.3 is 5.56 Å². The molecule has 0 saturated heterocycles. The van der Waals surface area contributed by atoms with Crippen molar-refractivity contribution in [2.24, 2.45) is 0 Å². The highest BCUT2D eigenvalue weighted by Gasteiger charge is 2.20. The fourth-order valence-electron chi connectivity index (χ4n) is 2.44. The van der Waals surface area contributed by atoms with Crippen LogP contribution in [0, 0.1) is 0 Å². The molecule has 1 amide bonds. The first-order valence-electron chi connectivity index (χ1n) is 7.87. The fourth-order valence-corrected chi connectivity index (χ4v) is 3.84. The zero-order valence-electron chi connectivity index (χ0n) is 14.9. The van der Waals surface area contributed by atoms with E-state index in [0.29, 0.717) is 21.6 Å². The maximum Gasteiger partial charge on any atom is 0.301 e. The van der Waals surface area contributed by atoms with E-state index in [-0.39, 0.29) is 24.6 Å². The number of aromatic hydroxyl groups is 1. The lowest BCUT2D eigenvalue weighted by atomic mass is 10.2. The van der Waals surface area contributed by atoms with Gasteiger partial charge in [-0.2, -0.15) is 0 Å². The van der Waals surface area contributed by atoms with Crippen LogP contribution in [0.2, 0.25) is 10.0 Å². The fraction of sp³-hybridized carbons (Fsp3) is 0.235. The highest BCUT2D eigenvalue weighted by atomic mass is 35.5. The number of amides is 1. The first-order chi connectivity index (χ1) is 12.8. The molecule has 2 N–H and O–H groups in total. The van der Waals surface area contributed by atoms with Crippen LogP contribution in [0.25, 0.3) is 4.96 Å². The minimum atomic E-state index is -0.687. The second kappa shape index (κ2) is 9.11. The second-order valence-corrected chi connectivity index (χ2v) is 8.04. The average Bonchev–Trinajstić information content (AvgIpc) is 3.00. The molecular weight excluding hydrogens is 447 g/mol. The Morgan fingerprint density at radius 2 is 2.04 bits per heavy atom. The number of thiazole rings is 1. The largest absolute Gasteiger partial charge is 0.501 e. The number of hydrogen-bond acceptors (Lipinski definition) is 6. The molecule has 28 heavy (non-hydrogen) atoms. The van der Waals surface area contributed by atoms with Crippen LogP contribution in [0.1, 0.15) is 20.9 Å². The SMILES string of the molecule is CN(C)Cc1cn2c(=O)c(O)c(C(=O)NCc3ccc(Cl)c(Cl)c3)nc2s1.Cl. The van der Waals surface area contributed by atoms with Crippen molar-refractivity contribution in [3.63, 3.8) is 0 Å². The molecule has 1 aromatic carbocycles. The summed E-state index contributed by atoms with van der Waals surface area (Å²) in [5, 5.41) is 13.5. The third-order valence-corrected chi connectivity index (χ3v) is 5.39. The molecule has 11 heteroatoms. The van der Waals surface area contributed by atoms with Gasteiger partial charge in [0.15, 0.2) is 10.7 Å². The van der Waals surface area contributed by atoms with Gasteiger partial charge in [-0.05, 0) is 31.8 Å². The molecular formula is C17H17Cl3N4O3S. The van der Waals surface area contributed by atoms with E-state index < -0.39 is 17.2 Å². The maximum atomic E-state index is 12.4. The Bertz CT molecular complexity index is 1080. The van der Waals surface area contributed by atoms with Gasteiger partial charge in [-0.25, -0.2) is 4.98 Å². The molecule has 0 spiro atoms. The molecule has 0 radical (unpaired) electrons. The number of rotatable bonds is 5. The summed E-state index contributed by atoms with van der Waals surface area (Å²) < 4.78 is 1.24. The Kier molecular flexibility index (Phi) is 7.30. The molecule has 2 heterocycles. The van der Waals surface area contributed by atoms with Gasteiger partial charge in [0, 0.05) is 24.2 Å². The summed E-state index contributed by atoms with van der Waals surface area (Å²) in [4.78, 5) is 32.1. The summed E-state index contributed by atoms with van der Waals surface area (Å²) in [5.41, 5.74) is -0.265. The van der Waals surface area contributed by atoms with Gasteiger partial charge in [0.25, 0.3) is 5.91 Å². The summed E-state index contributed by atoms with van der Waals surface area (Å²) in [6.45, 7) is 0.764. The highest BCUT2D eigenvalue weighted by Crippen LogP contribution is 2.23. The summed E-state index contributed by atoms with van der Waals surface area (Å²) in [5.74, 6) is -1.34. The number of nitrogens with one attached hydrogen (secondary N) is 1. The number of nitrogens with zero attached hydrogens (tertiary/aromatic N) is 3. The molecule has 3 aromatic rings. The zero-order valence-corrected chi connectivity index (χ0v) is 18.0. The zero-order chi connectivity index (χ0) is 19.7. The number of aromatic nitrogens is 2.